The molecule has 11 heteroatoms. The summed E-state index contributed by atoms with van der Waals surface area (Å²) < 4.78 is 0. The van der Waals surface area contributed by atoms with Crippen molar-refractivity contribution < 1.29 is 29.4 Å². The standard InChI is InChI=1S/C22H29N5O6/c1-25(2)19(29)13-26-7-9-27(10-8-26)21(22(32)33)16-12-23-17-4-3-14(11-15(16)17)24-18(28)5-6-20(30)31/h3-4,11-12,21,23H,5-10,13H2,1-2H3,(H,24,28)(H,30,31)(H,32,33). The first-order chi connectivity index (χ1) is 15.7. The molecule has 2 amide bonds. The average molecular weight is 460 g/mol. The molecule has 1 aliphatic heterocycles. The maximum atomic E-state index is 12.2. The van der Waals surface area contributed by atoms with Gasteiger partial charge in [-0.25, -0.2) is 0 Å². The smallest absolute Gasteiger partial charge is 0.325 e. The summed E-state index contributed by atoms with van der Waals surface area (Å²) in [5.74, 6) is -2.45. The Labute approximate surface area is 190 Å². The number of fused-ring (bicyclic) bond motifs is 1. The molecule has 1 aromatic heterocycles. The third-order valence-corrected chi connectivity index (χ3v) is 5.72. The Balaban J connectivity index is 1.75. The van der Waals surface area contributed by atoms with Crippen molar-refractivity contribution in [1.82, 2.24) is 19.7 Å². The van der Waals surface area contributed by atoms with Crippen LogP contribution in [0.4, 0.5) is 5.69 Å². The lowest BCUT2D eigenvalue weighted by Gasteiger charge is -2.37. The number of H-pyrrole nitrogens is 1. The number of aromatic amines is 1. The van der Waals surface area contributed by atoms with Crippen LogP contribution in [0.2, 0.25) is 0 Å². The van der Waals surface area contributed by atoms with Crippen LogP contribution in [0.3, 0.4) is 0 Å². The van der Waals surface area contributed by atoms with Crippen molar-refractivity contribution in [1.29, 1.82) is 0 Å². The summed E-state index contributed by atoms with van der Waals surface area (Å²) >= 11 is 0. The van der Waals surface area contributed by atoms with Crippen LogP contribution in [0.1, 0.15) is 24.4 Å². The number of aliphatic carboxylic acids is 2. The van der Waals surface area contributed by atoms with E-state index in [0.717, 1.165) is 5.52 Å². The lowest BCUT2D eigenvalue weighted by atomic mass is 10.0. The number of amides is 2. The van der Waals surface area contributed by atoms with E-state index in [4.69, 9.17) is 5.11 Å². The van der Waals surface area contributed by atoms with E-state index < -0.39 is 23.9 Å². The van der Waals surface area contributed by atoms with E-state index >= 15 is 0 Å². The zero-order valence-corrected chi connectivity index (χ0v) is 18.7. The van der Waals surface area contributed by atoms with E-state index in [9.17, 15) is 24.3 Å². The highest BCUT2D eigenvalue weighted by atomic mass is 16.4. The summed E-state index contributed by atoms with van der Waals surface area (Å²) in [7, 11) is 3.41. The molecule has 1 saturated heterocycles. The molecular weight excluding hydrogens is 430 g/mol. The van der Waals surface area contributed by atoms with Gasteiger partial charge in [-0.1, -0.05) is 0 Å². The number of rotatable bonds is 9. The Kier molecular flexibility index (Phi) is 7.67. The topological polar surface area (TPSA) is 146 Å². The fourth-order valence-electron chi connectivity index (χ4n) is 3.89. The number of aromatic nitrogens is 1. The third kappa shape index (κ3) is 6.08. The summed E-state index contributed by atoms with van der Waals surface area (Å²) in [6.07, 6.45) is 1.25. The van der Waals surface area contributed by atoms with E-state index in [1.54, 1.807) is 38.5 Å². The molecule has 11 nitrogen and oxygen atoms in total. The molecule has 3 rings (SSSR count). The number of likely N-dealkylation sites (N-methyl/N-ethyl adjacent to an activating group) is 1. The molecule has 2 aromatic rings. The highest BCUT2D eigenvalue weighted by molar-refractivity contribution is 5.96. The minimum Gasteiger partial charge on any atom is -0.481 e. The van der Waals surface area contributed by atoms with E-state index in [1.165, 1.54) is 4.90 Å². The first kappa shape index (κ1) is 24.2. The van der Waals surface area contributed by atoms with Gasteiger partial charge < -0.3 is 25.4 Å². The molecule has 1 atom stereocenters. The van der Waals surface area contributed by atoms with Gasteiger partial charge in [-0.15, -0.1) is 0 Å². The lowest BCUT2D eigenvalue weighted by Crippen LogP contribution is -2.51. The fourth-order valence-corrected chi connectivity index (χ4v) is 3.89. The minimum absolute atomic E-state index is 0.00722. The number of anilines is 1. The van der Waals surface area contributed by atoms with E-state index in [2.05, 4.69) is 10.3 Å². The first-order valence-corrected chi connectivity index (χ1v) is 10.7. The van der Waals surface area contributed by atoms with Crippen molar-refractivity contribution in [3.63, 3.8) is 0 Å². The highest BCUT2D eigenvalue weighted by Gasteiger charge is 2.32. The monoisotopic (exact) mass is 459 g/mol. The molecule has 33 heavy (non-hydrogen) atoms. The summed E-state index contributed by atoms with van der Waals surface area (Å²) in [6, 6.07) is 4.23. The molecule has 0 bridgehead atoms. The van der Waals surface area contributed by atoms with Gasteiger partial charge in [-0.05, 0) is 18.2 Å². The molecule has 1 aliphatic rings. The molecule has 1 unspecified atom stereocenters. The average Bonchev–Trinajstić information content (AvgIpc) is 3.16. The second-order valence-electron chi connectivity index (χ2n) is 8.29. The summed E-state index contributed by atoms with van der Waals surface area (Å²) in [5.41, 5.74) is 1.78. The van der Waals surface area contributed by atoms with Gasteiger partial charge in [0.1, 0.15) is 6.04 Å². The van der Waals surface area contributed by atoms with Crippen LogP contribution in [0.25, 0.3) is 10.9 Å². The van der Waals surface area contributed by atoms with Gasteiger partial charge in [0, 0.05) is 75.0 Å². The highest BCUT2D eigenvalue weighted by Crippen LogP contribution is 2.31. The van der Waals surface area contributed by atoms with Gasteiger partial charge in [0.05, 0.1) is 13.0 Å². The zero-order valence-electron chi connectivity index (χ0n) is 18.7. The number of carbonyl (C=O) groups excluding carboxylic acids is 2. The van der Waals surface area contributed by atoms with Crippen molar-refractivity contribution in [3.05, 3.63) is 30.0 Å². The number of piperazine rings is 1. The second kappa shape index (κ2) is 10.5. The van der Waals surface area contributed by atoms with Gasteiger partial charge >= 0.3 is 11.9 Å². The largest absolute Gasteiger partial charge is 0.481 e. The molecule has 1 fully saturated rings. The first-order valence-electron chi connectivity index (χ1n) is 10.7. The van der Waals surface area contributed by atoms with Crippen molar-refractivity contribution >= 4 is 40.3 Å². The Morgan fingerprint density at radius 1 is 1.09 bits per heavy atom. The second-order valence-corrected chi connectivity index (χ2v) is 8.29. The Hall–Kier alpha value is -3.44. The fraction of sp³-hybridized carbons (Fsp3) is 0.455. The summed E-state index contributed by atoms with van der Waals surface area (Å²) in [5, 5.41) is 22.1. The van der Waals surface area contributed by atoms with E-state index in [-0.39, 0.29) is 18.7 Å². The summed E-state index contributed by atoms with van der Waals surface area (Å²) in [6.45, 7) is 2.45. The minimum atomic E-state index is -1.05. The SMILES string of the molecule is CN(C)C(=O)CN1CCN(C(C(=O)O)c2c[nH]c3ccc(NC(=O)CCC(=O)O)cc23)CC1. The maximum absolute atomic E-state index is 12.2. The zero-order chi connectivity index (χ0) is 24.1. The van der Waals surface area contributed by atoms with Crippen LogP contribution in [0, 0.1) is 0 Å². The molecule has 2 heterocycles. The van der Waals surface area contributed by atoms with E-state index in [1.807, 2.05) is 9.80 Å². The molecule has 1 aromatic carbocycles. The molecule has 0 aliphatic carbocycles. The Bertz CT molecular complexity index is 1040. The van der Waals surface area contributed by atoms with Crippen LogP contribution < -0.4 is 5.32 Å². The Morgan fingerprint density at radius 3 is 2.39 bits per heavy atom. The molecule has 0 saturated carbocycles. The van der Waals surface area contributed by atoms with Gasteiger partial charge in [0.2, 0.25) is 11.8 Å². The van der Waals surface area contributed by atoms with Gasteiger partial charge in [0.25, 0.3) is 0 Å². The van der Waals surface area contributed by atoms with Crippen LogP contribution in [0.15, 0.2) is 24.4 Å². The van der Waals surface area contributed by atoms with Gasteiger partial charge in [0.15, 0.2) is 0 Å². The number of carbonyl (C=O) groups is 4. The van der Waals surface area contributed by atoms with Crippen LogP contribution in [-0.4, -0.2) is 100 Å². The number of carboxylic acids is 2. The van der Waals surface area contributed by atoms with Gasteiger partial charge in [-0.3, -0.25) is 29.0 Å². The molecular formula is C22H29N5O6. The predicted octanol–water partition coefficient (Wildman–Crippen LogP) is 0.803. The van der Waals surface area contributed by atoms with Crippen molar-refractivity contribution in [2.24, 2.45) is 0 Å². The van der Waals surface area contributed by atoms with Crippen molar-refractivity contribution in [3.8, 4) is 0 Å². The summed E-state index contributed by atoms with van der Waals surface area (Å²) in [4.78, 5) is 55.4. The number of carboxylic acid groups (broad SMARTS) is 2. The lowest BCUT2D eigenvalue weighted by molar-refractivity contribution is -0.145. The maximum Gasteiger partial charge on any atom is 0.325 e. The van der Waals surface area contributed by atoms with Gasteiger partial charge in [-0.2, -0.15) is 0 Å². The quantitative estimate of drug-likeness (QED) is 0.431. The molecule has 0 radical (unpaired) electrons. The number of benzene rings is 1. The number of hydrogen-bond donors (Lipinski definition) is 4. The van der Waals surface area contributed by atoms with Crippen LogP contribution >= 0.6 is 0 Å². The van der Waals surface area contributed by atoms with Crippen molar-refractivity contribution in [2.45, 2.75) is 18.9 Å². The number of nitrogens with zero attached hydrogens (tertiary/aromatic N) is 3. The molecule has 0 spiro atoms. The number of hydrogen-bond acceptors (Lipinski definition) is 6. The predicted molar refractivity (Wildman–Crippen MR) is 121 cm³/mol. The third-order valence-electron chi connectivity index (χ3n) is 5.72. The number of nitrogens with one attached hydrogen (secondary N) is 2. The van der Waals surface area contributed by atoms with Crippen LogP contribution in [-0.2, 0) is 19.2 Å². The van der Waals surface area contributed by atoms with E-state index in [0.29, 0.717) is 49.4 Å². The normalized spacial score (nSPS) is 15.8. The van der Waals surface area contributed by atoms with Crippen LogP contribution in [0.5, 0.6) is 0 Å². The molecule has 178 valence electrons. The molecule has 4 N–H and O–H groups in total. The Morgan fingerprint density at radius 2 is 1.79 bits per heavy atom. The van der Waals surface area contributed by atoms with Crippen molar-refractivity contribution in [2.75, 3.05) is 52.1 Å².